The van der Waals surface area contributed by atoms with Gasteiger partial charge in [-0.05, 0) is 26.0 Å². The van der Waals surface area contributed by atoms with Crippen LogP contribution in [-0.4, -0.2) is 46.8 Å². The van der Waals surface area contributed by atoms with Gasteiger partial charge in [0.15, 0.2) is 0 Å². The van der Waals surface area contributed by atoms with Gasteiger partial charge < -0.3 is 10.1 Å². The number of ether oxygens (including phenoxy) is 1. The summed E-state index contributed by atoms with van der Waals surface area (Å²) in [5.74, 6) is -0.308. The van der Waals surface area contributed by atoms with Gasteiger partial charge in [0.1, 0.15) is 12.3 Å². The summed E-state index contributed by atoms with van der Waals surface area (Å²) in [6.07, 6.45) is 0. The Morgan fingerprint density at radius 1 is 1.41 bits per heavy atom. The molecule has 22 heavy (non-hydrogen) atoms. The number of carbonyl (C=O) groups is 3. The molecule has 6 nitrogen and oxygen atoms in total. The maximum absolute atomic E-state index is 12.1. The van der Waals surface area contributed by atoms with Crippen molar-refractivity contribution in [3.05, 3.63) is 24.3 Å². The molecule has 0 saturated carbocycles. The van der Waals surface area contributed by atoms with Crippen LogP contribution in [0.4, 0.5) is 5.69 Å². The number of carbonyl (C=O) groups excluding carboxylic acids is 3. The second kappa shape index (κ2) is 7.31. The number of para-hydroxylation sites is 2. The van der Waals surface area contributed by atoms with Gasteiger partial charge in [-0.2, -0.15) is 0 Å². The molecule has 1 heterocycles. The molecule has 1 fully saturated rings. The summed E-state index contributed by atoms with van der Waals surface area (Å²) >= 11 is 1.29. The van der Waals surface area contributed by atoms with Gasteiger partial charge in [-0.25, -0.2) is 0 Å². The molecule has 118 valence electrons. The van der Waals surface area contributed by atoms with Crippen molar-refractivity contribution in [2.75, 3.05) is 24.2 Å². The predicted molar refractivity (Wildman–Crippen MR) is 84.9 cm³/mol. The number of thioether (sulfide) groups is 1. The fourth-order valence-electron chi connectivity index (χ4n) is 2.04. The lowest BCUT2D eigenvalue weighted by Crippen LogP contribution is -2.49. The maximum Gasteiger partial charge on any atom is 0.244 e. The van der Waals surface area contributed by atoms with Crippen molar-refractivity contribution in [3.63, 3.8) is 0 Å². The molecule has 0 radical (unpaired) electrons. The standard InChI is InChI=1S/C15H18N2O4S/c1-3-21-12-7-5-4-6-11(12)16-13(18)8-17-14(19)9-22-10(2)15(17)20/h4-7,10H,3,8-9H2,1-2H3,(H,16,18)/t10-/m0/s1. The lowest BCUT2D eigenvalue weighted by atomic mass is 10.3. The van der Waals surface area contributed by atoms with E-state index in [9.17, 15) is 14.4 Å². The Bertz CT molecular complexity index is 591. The van der Waals surface area contributed by atoms with E-state index in [0.29, 0.717) is 18.0 Å². The first-order chi connectivity index (χ1) is 10.5. The molecule has 1 aliphatic heterocycles. The topological polar surface area (TPSA) is 75.7 Å². The zero-order valence-corrected chi connectivity index (χ0v) is 13.3. The van der Waals surface area contributed by atoms with Crippen molar-refractivity contribution >= 4 is 35.2 Å². The van der Waals surface area contributed by atoms with Crippen LogP contribution in [0.5, 0.6) is 5.75 Å². The molecule has 1 N–H and O–H groups in total. The highest BCUT2D eigenvalue weighted by Crippen LogP contribution is 2.24. The van der Waals surface area contributed by atoms with Crippen molar-refractivity contribution in [3.8, 4) is 5.75 Å². The van der Waals surface area contributed by atoms with E-state index >= 15 is 0 Å². The van der Waals surface area contributed by atoms with E-state index in [-0.39, 0.29) is 29.4 Å². The highest BCUT2D eigenvalue weighted by molar-refractivity contribution is 8.01. The third kappa shape index (κ3) is 3.79. The Labute approximate surface area is 133 Å². The predicted octanol–water partition coefficient (Wildman–Crippen LogP) is 1.51. The minimum Gasteiger partial charge on any atom is -0.492 e. The molecule has 1 atom stereocenters. The molecule has 0 unspecified atom stereocenters. The van der Waals surface area contributed by atoms with Crippen LogP contribution in [0, 0.1) is 0 Å². The van der Waals surface area contributed by atoms with Gasteiger partial charge in [-0.15, -0.1) is 11.8 Å². The summed E-state index contributed by atoms with van der Waals surface area (Å²) < 4.78 is 5.42. The Hall–Kier alpha value is -2.02. The fraction of sp³-hybridized carbons (Fsp3) is 0.400. The van der Waals surface area contributed by atoms with E-state index in [2.05, 4.69) is 5.32 Å². The number of rotatable bonds is 5. The number of anilines is 1. The van der Waals surface area contributed by atoms with E-state index in [1.54, 1.807) is 31.2 Å². The van der Waals surface area contributed by atoms with Gasteiger partial charge in [0.05, 0.1) is 23.3 Å². The SMILES string of the molecule is CCOc1ccccc1NC(=O)CN1C(=O)CS[C@@H](C)C1=O. The molecule has 0 spiro atoms. The average molecular weight is 322 g/mol. The number of benzene rings is 1. The van der Waals surface area contributed by atoms with E-state index in [1.807, 2.05) is 6.92 Å². The zero-order chi connectivity index (χ0) is 16.1. The lowest BCUT2D eigenvalue weighted by Gasteiger charge is -2.27. The monoisotopic (exact) mass is 322 g/mol. The summed E-state index contributed by atoms with van der Waals surface area (Å²) in [6.45, 7) is 3.78. The maximum atomic E-state index is 12.1. The van der Waals surface area contributed by atoms with Crippen LogP contribution >= 0.6 is 11.8 Å². The molecule has 1 aliphatic rings. The van der Waals surface area contributed by atoms with Crippen molar-refractivity contribution in [1.29, 1.82) is 0 Å². The zero-order valence-electron chi connectivity index (χ0n) is 12.5. The average Bonchev–Trinajstić information content (AvgIpc) is 2.50. The number of amides is 3. The van der Waals surface area contributed by atoms with Gasteiger partial charge in [0, 0.05) is 0 Å². The molecule has 0 aromatic heterocycles. The summed E-state index contributed by atoms with van der Waals surface area (Å²) in [6, 6.07) is 7.03. The Kier molecular flexibility index (Phi) is 5.43. The van der Waals surface area contributed by atoms with Crippen molar-refractivity contribution < 1.29 is 19.1 Å². The first-order valence-corrected chi connectivity index (χ1v) is 8.05. The van der Waals surface area contributed by atoms with E-state index < -0.39 is 5.91 Å². The molecular formula is C15H18N2O4S. The van der Waals surface area contributed by atoms with Crippen LogP contribution in [0.1, 0.15) is 13.8 Å². The normalized spacial score (nSPS) is 18.3. The third-order valence-electron chi connectivity index (χ3n) is 3.13. The van der Waals surface area contributed by atoms with Gasteiger partial charge in [-0.3, -0.25) is 19.3 Å². The summed E-state index contributed by atoms with van der Waals surface area (Å²) in [4.78, 5) is 36.9. The summed E-state index contributed by atoms with van der Waals surface area (Å²) in [5.41, 5.74) is 0.522. The van der Waals surface area contributed by atoms with Crippen LogP contribution < -0.4 is 10.1 Å². The molecule has 7 heteroatoms. The number of nitrogens with zero attached hydrogens (tertiary/aromatic N) is 1. The second-order valence-electron chi connectivity index (χ2n) is 4.75. The number of hydrogen-bond acceptors (Lipinski definition) is 5. The molecule has 0 bridgehead atoms. The highest BCUT2D eigenvalue weighted by Gasteiger charge is 2.33. The smallest absolute Gasteiger partial charge is 0.244 e. The highest BCUT2D eigenvalue weighted by atomic mass is 32.2. The Morgan fingerprint density at radius 2 is 2.14 bits per heavy atom. The Balaban J connectivity index is 2.04. The number of imide groups is 1. The van der Waals surface area contributed by atoms with Crippen LogP contribution in [0.3, 0.4) is 0 Å². The molecule has 0 aliphatic carbocycles. The molecule has 1 saturated heterocycles. The summed E-state index contributed by atoms with van der Waals surface area (Å²) in [5, 5.41) is 2.38. The first kappa shape index (κ1) is 16.4. The van der Waals surface area contributed by atoms with Crippen LogP contribution in [0.15, 0.2) is 24.3 Å². The van der Waals surface area contributed by atoms with Crippen molar-refractivity contribution in [2.24, 2.45) is 0 Å². The first-order valence-electron chi connectivity index (χ1n) is 7.00. The number of nitrogens with one attached hydrogen (secondary N) is 1. The molecule has 3 amide bonds. The third-order valence-corrected chi connectivity index (χ3v) is 4.25. The fourth-order valence-corrected chi connectivity index (χ4v) is 2.86. The van der Waals surface area contributed by atoms with E-state index in [1.165, 1.54) is 11.8 Å². The van der Waals surface area contributed by atoms with Crippen LogP contribution in [0.2, 0.25) is 0 Å². The largest absolute Gasteiger partial charge is 0.492 e. The van der Waals surface area contributed by atoms with Crippen molar-refractivity contribution in [2.45, 2.75) is 19.1 Å². The minimum atomic E-state index is -0.423. The molecular weight excluding hydrogens is 304 g/mol. The van der Waals surface area contributed by atoms with Gasteiger partial charge in [0.2, 0.25) is 17.7 Å². The van der Waals surface area contributed by atoms with Crippen molar-refractivity contribution in [1.82, 2.24) is 4.90 Å². The van der Waals surface area contributed by atoms with Gasteiger partial charge in [0.25, 0.3) is 0 Å². The lowest BCUT2D eigenvalue weighted by molar-refractivity contribution is -0.145. The quantitative estimate of drug-likeness (QED) is 0.832. The summed E-state index contributed by atoms with van der Waals surface area (Å²) in [7, 11) is 0. The van der Waals surface area contributed by atoms with Gasteiger partial charge in [-0.1, -0.05) is 12.1 Å². The molecule has 1 aromatic rings. The minimum absolute atomic E-state index is 0.218. The van der Waals surface area contributed by atoms with Crippen LogP contribution in [0.25, 0.3) is 0 Å². The molecule has 2 rings (SSSR count). The Morgan fingerprint density at radius 3 is 2.86 bits per heavy atom. The van der Waals surface area contributed by atoms with E-state index in [0.717, 1.165) is 4.90 Å². The molecule has 1 aromatic carbocycles. The second-order valence-corrected chi connectivity index (χ2v) is 6.08. The van der Waals surface area contributed by atoms with Gasteiger partial charge >= 0.3 is 0 Å². The van der Waals surface area contributed by atoms with Crippen LogP contribution in [-0.2, 0) is 14.4 Å². The van der Waals surface area contributed by atoms with E-state index in [4.69, 9.17) is 4.74 Å². The number of hydrogen-bond donors (Lipinski definition) is 1.